The number of ether oxygens (including phenoxy) is 1. The van der Waals surface area contributed by atoms with E-state index in [1.807, 2.05) is 0 Å². The smallest absolute Gasteiger partial charge is 0.413 e. The Balaban J connectivity index is 1.62. The number of hydrogen-bond donors (Lipinski definition) is 1. The van der Waals surface area contributed by atoms with Crippen LogP contribution in [0.5, 0.6) is 0 Å². The Morgan fingerprint density at radius 2 is 1.74 bits per heavy atom. The van der Waals surface area contributed by atoms with E-state index in [9.17, 15) is 22.4 Å². The van der Waals surface area contributed by atoms with Crippen molar-refractivity contribution < 1.29 is 31.5 Å². The zero-order valence-electron chi connectivity index (χ0n) is 22.4. The maximum absolute atomic E-state index is 13.3. The molecule has 0 bridgehead atoms. The SMILES string of the molecule is CC(C)(C)[Si](C)(C)OCC1(c2ccc(-c3ccc(C(F)(F)F)nc3)nc2)OCC1C(=O)Nc1ccc(F)cc1. The summed E-state index contributed by atoms with van der Waals surface area (Å²) in [5, 5.41) is 2.75. The van der Waals surface area contributed by atoms with Gasteiger partial charge in [-0.15, -0.1) is 0 Å². The van der Waals surface area contributed by atoms with Crippen molar-refractivity contribution in [2.24, 2.45) is 5.92 Å². The van der Waals surface area contributed by atoms with Gasteiger partial charge in [-0.05, 0) is 60.6 Å². The number of hydrogen-bond acceptors (Lipinski definition) is 5. The van der Waals surface area contributed by atoms with Crippen LogP contribution in [0.25, 0.3) is 11.3 Å². The van der Waals surface area contributed by atoms with E-state index in [0.717, 1.165) is 12.3 Å². The van der Waals surface area contributed by atoms with Crippen molar-refractivity contribution in [2.45, 2.75) is 50.7 Å². The van der Waals surface area contributed by atoms with Crippen LogP contribution < -0.4 is 5.32 Å². The molecule has 2 unspecified atom stereocenters. The van der Waals surface area contributed by atoms with Crippen molar-refractivity contribution in [2.75, 3.05) is 18.5 Å². The number of aromatic nitrogens is 2. The fraction of sp³-hybridized carbons (Fsp3) is 0.393. The number of halogens is 4. The van der Waals surface area contributed by atoms with Crippen LogP contribution in [-0.4, -0.2) is 37.4 Å². The van der Waals surface area contributed by atoms with Gasteiger partial charge in [0, 0.05) is 29.2 Å². The average molecular weight is 562 g/mol. The summed E-state index contributed by atoms with van der Waals surface area (Å²) in [6.07, 6.45) is -1.85. The van der Waals surface area contributed by atoms with E-state index in [1.165, 1.54) is 30.3 Å². The zero-order valence-corrected chi connectivity index (χ0v) is 23.4. The van der Waals surface area contributed by atoms with E-state index in [0.29, 0.717) is 22.5 Å². The molecule has 1 fully saturated rings. The van der Waals surface area contributed by atoms with Gasteiger partial charge < -0.3 is 14.5 Å². The molecular formula is C28H31F4N3O3Si. The molecule has 208 valence electrons. The Morgan fingerprint density at radius 1 is 1.05 bits per heavy atom. The zero-order chi connectivity index (χ0) is 28.6. The van der Waals surface area contributed by atoms with Crippen LogP contribution in [0.4, 0.5) is 23.2 Å². The first kappa shape index (κ1) is 28.8. The number of amides is 1. The van der Waals surface area contributed by atoms with Gasteiger partial charge in [-0.3, -0.25) is 14.8 Å². The van der Waals surface area contributed by atoms with Gasteiger partial charge in [-0.25, -0.2) is 4.39 Å². The van der Waals surface area contributed by atoms with Gasteiger partial charge in [0.05, 0.1) is 24.8 Å². The predicted octanol–water partition coefficient (Wildman–Crippen LogP) is 6.80. The van der Waals surface area contributed by atoms with Crippen LogP contribution in [0.1, 0.15) is 32.0 Å². The van der Waals surface area contributed by atoms with Crippen molar-refractivity contribution in [3.8, 4) is 11.3 Å². The topological polar surface area (TPSA) is 73.3 Å². The molecule has 0 saturated carbocycles. The summed E-state index contributed by atoms with van der Waals surface area (Å²) in [4.78, 5) is 21.3. The number of rotatable bonds is 7. The highest BCUT2D eigenvalue weighted by Gasteiger charge is 2.55. The highest BCUT2D eigenvalue weighted by atomic mass is 28.4. The van der Waals surface area contributed by atoms with E-state index in [-0.39, 0.29) is 24.2 Å². The molecule has 1 amide bonds. The molecule has 1 aliphatic rings. The molecule has 1 aliphatic heterocycles. The maximum Gasteiger partial charge on any atom is 0.433 e. The van der Waals surface area contributed by atoms with E-state index in [2.05, 4.69) is 49.1 Å². The van der Waals surface area contributed by atoms with Crippen molar-refractivity contribution in [1.82, 2.24) is 9.97 Å². The molecule has 1 saturated heterocycles. The van der Waals surface area contributed by atoms with Crippen molar-refractivity contribution in [3.05, 3.63) is 78.0 Å². The quantitative estimate of drug-likeness (QED) is 0.254. The normalized spacial score (nSPS) is 19.9. The summed E-state index contributed by atoms with van der Waals surface area (Å²) < 4.78 is 64.6. The molecule has 0 aliphatic carbocycles. The highest BCUT2D eigenvalue weighted by molar-refractivity contribution is 6.74. The minimum Gasteiger partial charge on any atom is -0.413 e. The molecule has 6 nitrogen and oxygen atoms in total. The molecule has 0 spiro atoms. The number of carbonyl (C=O) groups excluding carboxylic acids is 1. The summed E-state index contributed by atoms with van der Waals surface area (Å²) in [6.45, 7) is 10.8. The van der Waals surface area contributed by atoms with Gasteiger partial charge >= 0.3 is 6.18 Å². The molecule has 2 aromatic heterocycles. The van der Waals surface area contributed by atoms with Gasteiger partial charge in [-0.1, -0.05) is 26.8 Å². The molecule has 3 heterocycles. The second kappa shape index (κ2) is 10.4. The molecular weight excluding hydrogens is 530 g/mol. The molecule has 3 aromatic rings. The lowest BCUT2D eigenvalue weighted by atomic mass is 9.77. The van der Waals surface area contributed by atoms with Crippen LogP contribution in [0.2, 0.25) is 18.1 Å². The number of pyridine rings is 2. The Labute approximate surface area is 225 Å². The maximum atomic E-state index is 13.3. The molecule has 0 radical (unpaired) electrons. The Morgan fingerprint density at radius 3 is 2.23 bits per heavy atom. The first-order valence-electron chi connectivity index (χ1n) is 12.5. The minimum absolute atomic E-state index is 0.0819. The molecule has 1 aromatic carbocycles. The minimum atomic E-state index is -4.53. The lowest BCUT2D eigenvalue weighted by molar-refractivity contribution is -0.223. The fourth-order valence-electron chi connectivity index (χ4n) is 3.96. The van der Waals surface area contributed by atoms with E-state index in [4.69, 9.17) is 9.16 Å². The monoisotopic (exact) mass is 561 g/mol. The number of benzene rings is 1. The van der Waals surface area contributed by atoms with Gasteiger partial charge in [0.25, 0.3) is 0 Å². The van der Waals surface area contributed by atoms with Gasteiger partial charge in [0.2, 0.25) is 5.91 Å². The summed E-state index contributed by atoms with van der Waals surface area (Å²) in [5.41, 5.74) is -0.203. The summed E-state index contributed by atoms with van der Waals surface area (Å²) in [5.74, 6) is -1.33. The summed E-state index contributed by atoms with van der Waals surface area (Å²) in [7, 11) is -2.23. The van der Waals surface area contributed by atoms with Crippen LogP contribution >= 0.6 is 0 Å². The standard InChI is InChI=1S/C28H31F4N3O3Si/c1-26(2,3)39(4,5)38-17-27(22(16-37-27)25(36)35-21-10-8-20(29)9-11-21)19-7-12-23(33-15-19)18-6-13-24(34-14-18)28(30,31)32/h6-15,22H,16-17H2,1-5H3,(H,35,36). The van der Waals surface area contributed by atoms with Gasteiger partial charge in [-0.2, -0.15) is 13.2 Å². The number of anilines is 1. The molecule has 2 atom stereocenters. The summed E-state index contributed by atoms with van der Waals surface area (Å²) in [6, 6.07) is 11.1. The fourth-order valence-corrected chi connectivity index (χ4v) is 4.97. The van der Waals surface area contributed by atoms with Crippen molar-refractivity contribution in [1.29, 1.82) is 0 Å². The van der Waals surface area contributed by atoms with Gasteiger partial charge in [0.15, 0.2) is 8.32 Å². The van der Waals surface area contributed by atoms with E-state index in [1.54, 1.807) is 18.3 Å². The Hall–Kier alpha value is -3.15. The highest BCUT2D eigenvalue weighted by Crippen LogP contribution is 2.46. The second-order valence-corrected chi connectivity index (χ2v) is 16.0. The largest absolute Gasteiger partial charge is 0.433 e. The van der Waals surface area contributed by atoms with Crippen LogP contribution in [-0.2, 0) is 25.7 Å². The molecule has 1 N–H and O–H groups in total. The first-order chi connectivity index (χ1) is 18.1. The van der Waals surface area contributed by atoms with Crippen LogP contribution in [0, 0.1) is 11.7 Å². The number of nitrogens with zero attached hydrogens (tertiary/aromatic N) is 2. The average Bonchev–Trinajstić information content (AvgIpc) is 2.84. The van der Waals surface area contributed by atoms with Crippen molar-refractivity contribution in [3.63, 3.8) is 0 Å². The second-order valence-electron chi connectivity index (χ2n) is 11.2. The predicted molar refractivity (Wildman–Crippen MR) is 142 cm³/mol. The summed E-state index contributed by atoms with van der Waals surface area (Å²) >= 11 is 0. The number of carbonyl (C=O) groups is 1. The number of nitrogens with one attached hydrogen (secondary N) is 1. The van der Waals surface area contributed by atoms with Crippen LogP contribution in [0.3, 0.4) is 0 Å². The third-order valence-electron chi connectivity index (χ3n) is 7.55. The van der Waals surface area contributed by atoms with Crippen molar-refractivity contribution >= 4 is 19.9 Å². The third kappa shape index (κ3) is 6.05. The Kier molecular flexibility index (Phi) is 7.72. The van der Waals surface area contributed by atoms with Crippen LogP contribution in [0.15, 0.2) is 60.9 Å². The Bertz CT molecular complexity index is 1310. The van der Waals surface area contributed by atoms with E-state index < -0.39 is 37.5 Å². The molecule has 4 rings (SSSR count). The lowest BCUT2D eigenvalue weighted by Gasteiger charge is -2.50. The first-order valence-corrected chi connectivity index (χ1v) is 15.4. The molecule has 11 heteroatoms. The third-order valence-corrected chi connectivity index (χ3v) is 12.0. The molecule has 39 heavy (non-hydrogen) atoms. The van der Waals surface area contributed by atoms with E-state index >= 15 is 0 Å². The number of alkyl halides is 3. The van der Waals surface area contributed by atoms with Gasteiger partial charge in [0.1, 0.15) is 17.1 Å². The lowest BCUT2D eigenvalue weighted by Crippen LogP contribution is -2.60.